The first kappa shape index (κ1) is 7.26. The van der Waals surface area contributed by atoms with Crippen molar-refractivity contribution < 1.29 is 0 Å². The maximum absolute atomic E-state index is 5.86. The van der Waals surface area contributed by atoms with Crippen molar-refractivity contribution in [1.82, 2.24) is 19.6 Å². The van der Waals surface area contributed by atoms with Crippen LogP contribution in [-0.4, -0.2) is 19.6 Å². The zero-order chi connectivity index (χ0) is 8.84. The maximum atomic E-state index is 5.86. The van der Waals surface area contributed by atoms with E-state index in [1.54, 1.807) is 6.20 Å². The third kappa shape index (κ3) is 1.02. The van der Waals surface area contributed by atoms with Gasteiger partial charge in [0.2, 0.25) is 0 Å². The highest BCUT2D eigenvalue weighted by Gasteiger charge is 2.28. The van der Waals surface area contributed by atoms with Gasteiger partial charge in [0.1, 0.15) is 5.82 Å². The Kier molecular flexibility index (Phi) is 1.35. The van der Waals surface area contributed by atoms with Crippen molar-refractivity contribution in [3.63, 3.8) is 0 Å². The molecule has 1 fully saturated rings. The van der Waals surface area contributed by atoms with Crippen LogP contribution in [0.1, 0.15) is 24.6 Å². The van der Waals surface area contributed by atoms with Gasteiger partial charge in [0, 0.05) is 18.3 Å². The van der Waals surface area contributed by atoms with Gasteiger partial charge in [0.25, 0.3) is 0 Å². The summed E-state index contributed by atoms with van der Waals surface area (Å²) in [6.07, 6.45) is 5.95. The van der Waals surface area contributed by atoms with Crippen molar-refractivity contribution in [2.24, 2.45) is 0 Å². The SMILES string of the molecule is Clc1nccn2c(C3CC3)nnc12. The van der Waals surface area contributed by atoms with Gasteiger partial charge in [0.05, 0.1) is 0 Å². The topological polar surface area (TPSA) is 43.1 Å². The van der Waals surface area contributed by atoms with Gasteiger partial charge in [-0.3, -0.25) is 4.40 Å². The molecule has 0 unspecified atom stereocenters. The molecule has 2 heterocycles. The van der Waals surface area contributed by atoms with Crippen LogP contribution in [0.25, 0.3) is 5.65 Å². The minimum absolute atomic E-state index is 0.418. The number of fused-ring (bicyclic) bond motifs is 1. The molecule has 0 N–H and O–H groups in total. The number of halogens is 1. The lowest BCUT2D eigenvalue weighted by Crippen LogP contribution is -1.92. The fourth-order valence-electron chi connectivity index (χ4n) is 1.43. The highest BCUT2D eigenvalue weighted by molar-refractivity contribution is 6.32. The quantitative estimate of drug-likeness (QED) is 0.694. The molecular weight excluding hydrogens is 188 g/mol. The van der Waals surface area contributed by atoms with Crippen LogP contribution in [0.3, 0.4) is 0 Å². The zero-order valence-corrected chi connectivity index (χ0v) is 7.57. The van der Waals surface area contributed by atoms with Gasteiger partial charge < -0.3 is 0 Å². The van der Waals surface area contributed by atoms with E-state index in [1.807, 2.05) is 10.6 Å². The molecule has 0 radical (unpaired) electrons. The molecule has 0 spiro atoms. The molecular formula is C8H7ClN4. The van der Waals surface area contributed by atoms with E-state index >= 15 is 0 Å². The first-order valence-corrected chi connectivity index (χ1v) is 4.59. The highest BCUT2D eigenvalue weighted by atomic mass is 35.5. The molecule has 3 rings (SSSR count). The Morgan fingerprint density at radius 2 is 2.23 bits per heavy atom. The molecule has 66 valence electrons. The average Bonchev–Trinajstić information content (AvgIpc) is 2.87. The summed E-state index contributed by atoms with van der Waals surface area (Å²) in [5.41, 5.74) is 0.658. The number of hydrogen-bond donors (Lipinski definition) is 0. The Balaban J connectivity index is 2.32. The standard InChI is InChI=1S/C8H7ClN4/c9-6-8-12-11-7(5-1-2-5)13(8)4-3-10-6/h3-5H,1-2H2. The second kappa shape index (κ2) is 2.42. The van der Waals surface area contributed by atoms with Gasteiger partial charge in [0.15, 0.2) is 10.8 Å². The molecule has 2 aromatic rings. The van der Waals surface area contributed by atoms with E-state index in [9.17, 15) is 0 Å². The lowest BCUT2D eigenvalue weighted by molar-refractivity contribution is 0.895. The summed E-state index contributed by atoms with van der Waals surface area (Å²) in [5.74, 6) is 1.59. The van der Waals surface area contributed by atoms with Crippen LogP contribution in [0.2, 0.25) is 5.15 Å². The second-order valence-electron chi connectivity index (χ2n) is 3.24. The number of rotatable bonds is 1. The van der Waals surface area contributed by atoms with Gasteiger partial charge in [-0.1, -0.05) is 11.6 Å². The van der Waals surface area contributed by atoms with E-state index < -0.39 is 0 Å². The van der Waals surface area contributed by atoms with Crippen LogP contribution in [0.5, 0.6) is 0 Å². The molecule has 0 atom stereocenters. The first-order chi connectivity index (χ1) is 6.36. The molecule has 2 aromatic heterocycles. The molecule has 0 amide bonds. The molecule has 0 saturated heterocycles. The summed E-state index contributed by atoms with van der Waals surface area (Å²) < 4.78 is 1.92. The van der Waals surface area contributed by atoms with Crippen LogP contribution in [0, 0.1) is 0 Å². The molecule has 13 heavy (non-hydrogen) atoms. The van der Waals surface area contributed by atoms with Crippen LogP contribution >= 0.6 is 11.6 Å². The molecule has 0 aliphatic heterocycles. The third-order valence-electron chi connectivity index (χ3n) is 2.25. The smallest absolute Gasteiger partial charge is 0.198 e. The predicted molar refractivity (Wildman–Crippen MR) is 47.8 cm³/mol. The Morgan fingerprint density at radius 1 is 1.38 bits per heavy atom. The summed E-state index contributed by atoms with van der Waals surface area (Å²) in [6, 6.07) is 0. The summed E-state index contributed by atoms with van der Waals surface area (Å²) in [7, 11) is 0. The van der Waals surface area contributed by atoms with E-state index in [0.717, 1.165) is 5.82 Å². The lowest BCUT2D eigenvalue weighted by Gasteiger charge is -1.95. The second-order valence-corrected chi connectivity index (χ2v) is 3.60. The van der Waals surface area contributed by atoms with Crippen LogP contribution in [0.4, 0.5) is 0 Å². The van der Waals surface area contributed by atoms with Crippen molar-refractivity contribution in [1.29, 1.82) is 0 Å². The zero-order valence-electron chi connectivity index (χ0n) is 6.81. The van der Waals surface area contributed by atoms with E-state index in [4.69, 9.17) is 11.6 Å². The summed E-state index contributed by atoms with van der Waals surface area (Å²) >= 11 is 5.86. The molecule has 5 heteroatoms. The Labute approximate surface area is 79.6 Å². The van der Waals surface area contributed by atoms with Crippen molar-refractivity contribution >= 4 is 17.2 Å². The number of hydrogen-bond acceptors (Lipinski definition) is 3. The minimum Gasteiger partial charge on any atom is -0.282 e. The monoisotopic (exact) mass is 194 g/mol. The normalized spacial score (nSPS) is 16.7. The van der Waals surface area contributed by atoms with Gasteiger partial charge in [-0.15, -0.1) is 10.2 Å². The molecule has 0 aromatic carbocycles. The molecule has 1 aliphatic carbocycles. The van der Waals surface area contributed by atoms with Crippen molar-refractivity contribution in [2.45, 2.75) is 18.8 Å². The predicted octanol–water partition coefficient (Wildman–Crippen LogP) is 1.66. The molecule has 1 aliphatic rings. The fourth-order valence-corrected chi connectivity index (χ4v) is 1.62. The van der Waals surface area contributed by atoms with E-state index in [-0.39, 0.29) is 0 Å². The Morgan fingerprint density at radius 3 is 3.00 bits per heavy atom. The first-order valence-electron chi connectivity index (χ1n) is 4.21. The summed E-state index contributed by atoms with van der Waals surface area (Å²) in [6.45, 7) is 0. The van der Waals surface area contributed by atoms with Crippen molar-refractivity contribution in [3.8, 4) is 0 Å². The average molecular weight is 195 g/mol. The van der Waals surface area contributed by atoms with Crippen LogP contribution in [-0.2, 0) is 0 Å². The maximum Gasteiger partial charge on any atom is 0.198 e. The largest absolute Gasteiger partial charge is 0.282 e. The van der Waals surface area contributed by atoms with E-state index in [2.05, 4.69) is 15.2 Å². The molecule has 0 bridgehead atoms. The van der Waals surface area contributed by atoms with Crippen LogP contribution < -0.4 is 0 Å². The Bertz CT molecular complexity index is 460. The molecule has 4 nitrogen and oxygen atoms in total. The fraction of sp³-hybridized carbons (Fsp3) is 0.375. The van der Waals surface area contributed by atoms with Crippen LogP contribution in [0.15, 0.2) is 12.4 Å². The molecule has 1 saturated carbocycles. The van der Waals surface area contributed by atoms with Crippen molar-refractivity contribution in [2.75, 3.05) is 0 Å². The van der Waals surface area contributed by atoms with E-state index in [0.29, 0.717) is 16.7 Å². The van der Waals surface area contributed by atoms with Gasteiger partial charge in [-0.2, -0.15) is 0 Å². The highest BCUT2D eigenvalue weighted by Crippen LogP contribution is 2.39. The number of nitrogens with zero attached hydrogens (tertiary/aromatic N) is 4. The van der Waals surface area contributed by atoms with Gasteiger partial charge in [-0.25, -0.2) is 4.98 Å². The summed E-state index contributed by atoms with van der Waals surface area (Å²) in [4.78, 5) is 3.94. The number of aromatic nitrogens is 4. The lowest BCUT2D eigenvalue weighted by atomic mass is 10.4. The Hall–Kier alpha value is -1.16. The minimum atomic E-state index is 0.418. The van der Waals surface area contributed by atoms with Gasteiger partial charge in [-0.05, 0) is 12.8 Å². The van der Waals surface area contributed by atoms with E-state index in [1.165, 1.54) is 12.8 Å². The third-order valence-corrected chi connectivity index (χ3v) is 2.52. The summed E-state index contributed by atoms with van der Waals surface area (Å²) in [5, 5.41) is 8.52. The van der Waals surface area contributed by atoms with Crippen molar-refractivity contribution in [3.05, 3.63) is 23.4 Å². The van der Waals surface area contributed by atoms with Gasteiger partial charge >= 0.3 is 0 Å².